The SMILES string of the molecule is CCOc1nc2n(n1)C(c1ccc(C)s1)C=C(C(=O)O)N2. The van der Waals surface area contributed by atoms with Gasteiger partial charge in [0.25, 0.3) is 0 Å². The zero-order valence-electron chi connectivity index (χ0n) is 11.5. The number of aryl methyl sites for hydroxylation is 1. The van der Waals surface area contributed by atoms with Crippen LogP contribution in [-0.2, 0) is 4.79 Å². The molecule has 110 valence electrons. The van der Waals surface area contributed by atoms with Gasteiger partial charge >= 0.3 is 12.0 Å². The number of aromatic nitrogens is 3. The van der Waals surface area contributed by atoms with Crippen LogP contribution in [-0.4, -0.2) is 32.4 Å². The summed E-state index contributed by atoms with van der Waals surface area (Å²) in [6, 6.07) is 3.90. The van der Waals surface area contributed by atoms with Crippen LogP contribution >= 0.6 is 11.3 Å². The molecule has 0 radical (unpaired) electrons. The van der Waals surface area contributed by atoms with Crippen molar-refractivity contribution in [2.24, 2.45) is 0 Å². The third-order valence-corrected chi connectivity index (χ3v) is 4.07. The lowest BCUT2D eigenvalue weighted by Gasteiger charge is -2.20. The van der Waals surface area contributed by atoms with E-state index in [2.05, 4.69) is 15.4 Å². The standard InChI is InChI=1S/C13H14N4O3S/c1-3-20-13-15-12-14-8(11(18)19)6-9(17(12)16-13)10-5-4-7(2)21-10/h4-6,9H,3H2,1-2H3,(H,18,19)(H,14,15,16). The molecule has 8 heteroatoms. The fraction of sp³-hybridized carbons (Fsp3) is 0.308. The minimum atomic E-state index is -1.03. The number of aliphatic carboxylic acids is 1. The summed E-state index contributed by atoms with van der Waals surface area (Å²) < 4.78 is 6.94. The number of ether oxygens (including phenoxy) is 1. The minimum absolute atomic E-state index is 0.0917. The average Bonchev–Trinajstić information content (AvgIpc) is 3.03. The van der Waals surface area contributed by atoms with Crippen LogP contribution in [0.15, 0.2) is 23.9 Å². The second-order valence-electron chi connectivity index (χ2n) is 4.50. The maximum Gasteiger partial charge on any atom is 0.352 e. The molecular formula is C13H14N4O3S. The van der Waals surface area contributed by atoms with E-state index in [4.69, 9.17) is 4.74 Å². The van der Waals surface area contributed by atoms with Crippen LogP contribution in [0.3, 0.4) is 0 Å². The van der Waals surface area contributed by atoms with Gasteiger partial charge in [-0.1, -0.05) is 0 Å². The van der Waals surface area contributed by atoms with Gasteiger partial charge in [-0.2, -0.15) is 4.98 Å². The van der Waals surface area contributed by atoms with Crippen molar-refractivity contribution in [2.45, 2.75) is 19.9 Å². The third-order valence-electron chi connectivity index (χ3n) is 3.00. The molecule has 1 aliphatic rings. The quantitative estimate of drug-likeness (QED) is 0.898. The molecule has 0 saturated heterocycles. The summed E-state index contributed by atoms with van der Waals surface area (Å²) in [5.41, 5.74) is 0.0917. The topological polar surface area (TPSA) is 89.3 Å². The van der Waals surface area contributed by atoms with Gasteiger partial charge in [0, 0.05) is 9.75 Å². The number of carbonyl (C=O) groups is 1. The highest BCUT2D eigenvalue weighted by molar-refractivity contribution is 7.12. The Labute approximate surface area is 124 Å². The monoisotopic (exact) mass is 306 g/mol. The first kappa shape index (κ1) is 13.6. The van der Waals surface area contributed by atoms with Gasteiger partial charge in [0.15, 0.2) is 0 Å². The van der Waals surface area contributed by atoms with Gasteiger partial charge in [-0.05, 0) is 32.1 Å². The van der Waals surface area contributed by atoms with Crippen molar-refractivity contribution in [1.82, 2.24) is 14.8 Å². The first-order valence-corrected chi connectivity index (χ1v) is 7.28. The molecule has 3 rings (SSSR count). The number of anilines is 1. The normalized spacial score (nSPS) is 16.9. The number of thiophene rings is 1. The van der Waals surface area contributed by atoms with Crippen molar-refractivity contribution in [3.8, 4) is 6.01 Å². The summed E-state index contributed by atoms with van der Waals surface area (Å²) in [4.78, 5) is 17.6. The van der Waals surface area contributed by atoms with Crippen LogP contribution in [0, 0.1) is 6.92 Å². The smallest absolute Gasteiger partial charge is 0.352 e. The Balaban J connectivity index is 2.06. The van der Waals surface area contributed by atoms with E-state index >= 15 is 0 Å². The fourth-order valence-corrected chi connectivity index (χ4v) is 3.04. The molecule has 0 aromatic carbocycles. The lowest BCUT2D eigenvalue weighted by atomic mass is 10.2. The Hall–Kier alpha value is -2.35. The Kier molecular flexibility index (Phi) is 3.38. The van der Waals surface area contributed by atoms with Gasteiger partial charge < -0.3 is 15.2 Å². The highest BCUT2D eigenvalue weighted by Crippen LogP contribution is 2.33. The Bertz CT molecular complexity index is 719. The molecule has 2 aromatic heterocycles. The first-order valence-electron chi connectivity index (χ1n) is 6.46. The van der Waals surface area contributed by atoms with E-state index in [1.165, 1.54) is 0 Å². The van der Waals surface area contributed by atoms with Crippen LogP contribution in [0.1, 0.15) is 22.7 Å². The molecule has 3 heterocycles. The van der Waals surface area contributed by atoms with Crippen LogP contribution < -0.4 is 10.1 Å². The lowest BCUT2D eigenvalue weighted by Crippen LogP contribution is -2.23. The first-order chi connectivity index (χ1) is 10.1. The molecule has 1 aliphatic heterocycles. The number of nitrogens with one attached hydrogen (secondary N) is 1. The maximum absolute atomic E-state index is 11.3. The van der Waals surface area contributed by atoms with Gasteiger partial charge in [-0.25, -0.2) is 9.48 Å². The van der Waals surface area contributed by atoms with Gasteiger partial charge in [0.1, 0.15) is 11.7 Å². The summed E-state index contributed by atoms with van der Waals surface area (Å²) in [7, 11) is 0. The second-order valence-corrected chi connectivity index (χ2v) is 5.82. The van der Waals surface area contributed by atoms with E-state index in [0.29, 0.717) is 12.6 Å². The summed E-state index contributed by atoms with van der Waals surface area (Å²) >= 11 is 1.60. The minimum Gasteiger partial charge on any atom is -0.477 e. The Morgan fingerprint density at radius 2 is 2.38 bits per heavy atom. The molecule has 2 aromatic rings. The van der Waals surface area contributed by atoms with E-state index < -0.39 is 5.97 Å². The van der Waals surface area contributed by atoms with E-state index in [1.807, 2.05) is 26.0 Å². The summed E-state index contributed by atoms with van der Waals surface area (Å²) in [5, 5.41) is 16.3. The van der Waals surface area contributed by atoms with Crippen molar-refractivity contribution in [3.05, 3.63) is 33.7 Å². The van der Waals surface area contributed by atoms with Crippen LogP contribution in [0.25, 0.3) is 0 Å². The number of rotatable bonds is 4. The predicted molar refractivity (Wildman–Crippen MR) is 77.7 cm³/mol. The van der Waals surface area contributed by atoms with Gasteiger partial charge in [0.2, 0.25) is 5.95 Å². The molecule has 1 unspecified atom stereocenters. The second kappa shape index (κ2) is 5.21. The molecule has 0 spiro atoms. The number of carboxylic acids is 1. The van der Waals surface area contributed by atoms with Crippen molar-refractivity contribution in [1.29, 1.82) is 0 Å². The van der Waals surface area contributed by atoms with Crippen LogP contribution in [0.5, 0.6) is 6.01 Å². The molecular weight excluding hydrogens is 292 g/mol. The van der Waals surface area contributed by atoms with Crippen molar-refractivity contribution in [2.75, 3.05) is 11.9 Å². The number of fused-ring (bicyclic) bond motifs is 1. The van der Waals surface area contributed by atoms with Crippen LogP contribution in [0.4, 0.5) is 5.95 Å². The molecule has 0 saturated carbocycles. The molecule has 0 fully saturated rings. The molecule has 2 N–H and O–H groups in total. The summed E-state index contributed by atoms with van der Waals surface area (Å²) in [6.45, 7) is 4.30. The Morgan fingerprint density at radius 3 is 3.00 bits per heavy atom. The number of nitrogens with zero attached hydrogens (tertiary/aromatic N) is 3. The molecule has 0 bridgehead atoms. The zero-order valence-corrected chi connectivity index (χ0v) is 12.3. The summed E-state index contributed by atoms with van der Waals surface area (Å²) in [5.74, 6) is -0.658. The van der Waals surface area contributed by atoms with Gasteiger partial charge in [-0.3, -0.25) is 0 Å². The molecule has 0 aliphatic carbocycles. The molecule has 7 nitrogen and oxygen atoms in total. The van der Waals surface area contributed by atoms with Crippen molar-refractivity contribution in [3.63, 3.8) is 0 Å². The number of carboxylic acid groups (broad SMARTS) is 1. The average molecular weight is 306 g/mol. The van der Waals surface area contributed by atoms with Gasteiger partial charge in [-0.15, -0.1) is 16.4 Å². The van der Waals surface area contributed by atoms with Crippen molar-refractivity contribution >= 4 is 23.3 Å². The largest absolute Gasteiger partial charge is 0.477 e. The van der Waals surface area contributed by atoms with Crippen molar-refractivity contribution < 1.29 is 14.6 Å². The van der Waals surface area contributed by atoms with E-state index in [9.17, 15) is 9.90 Å². The van der Waals surface area contributed by atoms with E-state index in [-0.39, 0.29) is 17.7 Å². The Morgan fingerprint density at radius 1 is 1.57 bits per heavy atom. The number of hydrogen-bond acceptors (Lipinski definition) is 6. The summed E-state index contributed by atoms with van der Waals surface area (Å²) in [6.07, 6.45) is 1.63. The number of hydrogen-bond donors (Lipinski definition) is 2. The van der Waals surface area contributed by atoms with E-state index in [0.717, 1.165) is 9.75 Å². The highest BCUT2D eigenvalue weighted by Gasteiger charge is 2.28. The van der Waals surface area contributed by atoms with Gasteiger partial charge in [0.05, 0.1) is 6.61 Å². The third kappa shape index (κ3) is 2.49. The van der Waals surface area contributed by atoms with Crippen LogP contribution in [0.2, 0.25) is 0 Å². The fourth-order valence-electron chi connectivity index (χ4n) is 2.10. The van der Waals surface area contributed by atoms with E-state index in [1.54, 1.807) is 22.1 Å². The molecule has 0 amide bonds. The number of allylic oxidation sites excluding steroid dienone is 1. The zero-order chi connectivity index (χ0) is 15.0. The molecule has 21 heavy (non-hydrogen) atoms. The maximum atomic E-state index is 11.3. The predicted octanol–water partition coefficient (Wildman–Crippen LogP) is 2.03. The lowest BCUT2D eigenvalue weighted by molar-refractivity contribution is -0.132. The highest BCUT2D eigenvalue weighted by atomic mass is 32.1. The molecule has 1 atom stereocenters.